The molecule has 1 aromatic heterocycles. The van der Waals surface area contributed by atoms with Gasteiger partial charge in [-0.15, -0.1) is 6.42 Å². The van der Waals surface area contributed by atoms with Crippen molar-refractivity contribution in [2.75, 3.05) is 31.1 Å². The Morgan fingerprint density at radius 2 is 1.84 bits per heavy atom. The van der Waals surface area contributed by atoms with Crippen LogP contribution in [0.1, 0.15) is 92.4 Å². The van der Waals surface area contributed by atoms with Gasteiger partial charge in [-0.1, -0.05) is 49.3 Å². The third-order valence-electron chi connectivity index (χ3n) is 11.5. The molecule has 0 bridgehead atoms. The highest BCUT2D eigenvalue weighted by atomic mass is 19.3. The number of nitrogens with zero attached hydrogens (tertiary/aromatic N) is 4. The molecule has 1 atom stereocenters. The molecule has 3 fully saturated rings. The van der Waals surface area contributed by atoms with Gasteiger partial charge in [0.25, 0.3) is 0 Å². The summed E-state index contributed by atoms with van der Waals surface area (Å²) in [6, 6.07) is 3.73. The highest BCUT2D eigenvalue weighted by Gasteiger charge is 2.44. The minimum Gasteiger partial charge on any atom is -0.355 e. The van der Waals surface area contributed by atoms with E-state index in [1.807, 2.05) is 30.9 Å². The van der Waals surface area contributed by atoms with Crippen molar-refractivity contribution in [1.29, 1.82) is 0 Å². The standard InChI is InChI=1S/C41H44F4N4/c1-6-29-28(11-10-27(4)42)20-25(2)21-30(29)34-31-22-26(3)23-32(31)35-37(36(34)43)46-33(12-16-41-14-8-18-49(41)19-9-15-41)47-38(35)48-17-7-13-40(5,24-48)39(44)45/h1,10-11,20-21,23,39H,4,7-9,12-19,22,24H2,2-3,5H3/b11-10-. The van der Waals surface area contributed by atoms with Crippen LogP contribution in [-0.4, -0.2) is 53.0 Å². The van der Waals surface area contributed by atoms with Gasteiger partial charge in [-0.05, 0) is 107 Å². The summed E-state index contributed by atoms with van der Waals surface area (Å²) in [7, 11) is 0. The Balaban J connectivity index is 1.46. The first kappa shape index (κ1) is 33.5. The predicted octanol–water partition coefficient (Wildman–Crippen LogP) is 9.61. The lowest BCUT2D eigenvalue weighted by atomic mass is 9.82. The first-order valence-corrected chi connectivity index (χ1v) is 17.6. The van der Waals surface area contributed by atoms with Crippen LogP contribution in [0.2, 0.25) is 0 Å². The molecule has 49 heavy (non-hydrogen) atoms. The molecule has 7 rings (SSSR count). The van der Waals surface area contributed by atoms with E-state index in [-0.39, 0.29) is 17.6 Å². The summed E-state index contributed by atoms with van der Waals surface area (Å²) in [5.74, 6) is 2.72. The van der Waals surface area contributed by atoms with Crippen LogP contribution in [0.5, 0.6) is 0 Å². The first-order chi connectivity index (χ1) is 23.4. The Hall–Kier alpha value is -3.96. The van der Waals surface area contributed by atoms with Crippen molar-refractivity contribution in [3.05, 3.63) is 75.6 Å². The maximum Gasteiger partial charge on any atom is 0.245 e. The highest BCUT2D eigenvalue weighted by Crippen LogP contribution is 2.47. The van der Waals surface area contributed by atoms with E-state index in [9.17, 15) is 13.2 Å². The second-order valence-corrected chi connectivity index (χ2v) is 15.0. The van der Waals surface area contributed by atoms with Gasteiger partial charge in [-0.2, -0.15) is 0 Å². The summed E-state index contributed by atoms with van der Waals surface area (Å²) in [5.41, 5.74) is 4.54. The second kappa shape index (κ2) is 12.7. The van der Waals surface area contributed by atoms with E-state index < -0.39 is 23.5 Å². The van der Waals surface area contributed by atoms with Gasteiger partial charge in [0.2, 0.25) is 6.43 Å². The number of aromatic nitrogens is 2. The van der Waals surface area contributed by atoms with Crippen LogP contribution in [0.15, 0.2) is 36.2 Å². The summed E-state index contributed by atoms with van der Waals surface area (Å²) in [4.78, 5) is 14.7. The number of allylic oxidation sites excluding steroid dienone is 3. The highest BCUT2D eigenvalue weighted by molar-refractivity contribution is 6.04. The maximum atomic E-state index is 17.6. The summed E-state index contributed by atoms with van der Waals surface area (Å²) in [6.07, 6.45) is 16.0. The van der Waals surface area contributed by atoms with E-state index in [0.717, 1.165) is 54.6 Å². The Labute approximate surface area is 287 Å². The quantitative estimate of drug-likeness (QED) is 0.136. The summed E-state index contributed by atoms with van der Waals surface area (Å²) < 4.78 is 60.1. The smallest absolute Gasteiger partial charge is 0.245 e. The molecule has 4 heterocycles. The van der Waals surface area contributed by atoms with Crippen molar-refractivity contribution in [3.63, 3.8) is 0 Å². The van der Waals surface area contributed by atoms with E-state index >= 15 is 4.39 Å². The zero-order valence-corrected chi connectivity index (χ0v) is 28.7. The molecule has 3 aromatic rings. The number of alkyl halides is 2. The van der Waals surface area contributed by atoms with E-state index in [0.29, 0.717) is 71.5 Å². The normalized spacial score (nSPS) is 21.9. The topological polar surface area (TPSA) is 32.3 Å². The minimum absolute atomic E-state index is 0.122. The zero-order chi connectivity index (χ0) is 34.7. The molecule has 1 aliphatic carbocycles. The molecular formula is C41H44F4N4. The lowest BCUT2D eigenvalue weighted by molar-refractivity contribution is -0.00213. The van der Waals surface area contributed by atoms with Gasteiger partial charge in [0, 0.05) is 47.2 Å². The van der Waals surface area contributed by atoms with Crippen molar-refractivity contribution in [2.45, 2.75) is 90.5 Å². The Morgan fingerprint density at radius 1 is 1.10 bits per heavy atom. The molecule has 2 aromatic carbocycles. The Morgan fingerprint density at radius 3 is 2.53 bits per heavy atom. The molecule has 3 aliphatic heterocycles. The third-order valence-corrected chi connectivity index (χ3v) is 11.5. The van der Waals surface area contributed by atoms with Crippen LogP contribution in [0.3, 0.4) is 0 Å². The van der Waals surface area contributed by atoms with E-state index in [1.54, 1.807) is 13.0 Å². The summed E-state index contributed by atoms with van der Waals surface area (Å²) in [6.45, 7) is 11.8. The van der Waals surface area contributed by atoms with Crippen molar-refractivity contribution in [2.24, 2.45) is 5.41 Å². The lowest BCUT2D eigenvalue weighted by Crippen LogP contribution is -2.46. The largest absolute Gasteiger partial charge is 0.355 e. The first-order valence-electron chi connectivity index (χ1n) is 17.6. The van der Waals surface area contributed by atoms with E-state index in [4.69, 9.17) is 16.4 Å². The Kier molecular flexibility index (Phi) is 8.71. The number of fused-ring (bicyclic) bond motifs is 4. The average Bonchev–Trinajstić information content (AvgIpc) is 3.76. The van der Waals surface area contributed by atoms with Crippen molar-refractivity contribution >= 4 is 28.9 Å². The molecular weight excluding hydrogens is 624 g/mol. The van der Waals surface area contributed by atoms with Crippen LogP contribution in [0.4, 0.5) is 23.4 Å². The number of aryl methyl sites for hydroxylation is 2. The molecule has 0 saturated carbocycles. The predicted molar refractivity (Wildman–Crippen MR) is 191 cm³/mol. The van der Waals surface area contributed by atoms with Crippen molar-refractivity contribution in [1.82, 2.24) is 14.9 Å². The fourth-order valence-corrected chi connectivity index (χ4v) is 9.07. The number of anilines is 1. The molecule has 0 N–H and O–H groups in total. The van der Waals surface area contributed by atoms with Crippen molar-refractivity contribution < 1.29 is 17.6 Å². The number of benzene rings is 2. The molecule has 3 saturated heterocycles. The Bertz CT molecular complexity index is 1940. The van der Waals surface area contributed by atoms with Crippen LogP contribution >= 0.6 is 0 Å². The van der Waals surface area contributed by atoms with E-state index in [1.165, 1.54) is 18.9 Å². The number of hydrogen-bond acceptors (Lipinski definition) is 4. The minimum atomic E-state index is -2.49. The van der Waals surface area contributed by atoms with E-state index in [2.05, 4.69) is 23.5 Å². The average molecular weight is 669 g/mol. The molecule has 0 spiro atoms. The number of halogens is 4. The molecule has 4 nitrogen and oxygen atoms in total. The van der Waals surface area contributed by atoms with Gasteiger partial charge >= 0.3 is 0 Å². The van der Waals surface area contributed by atoms with Gasteiger partial charge in [-0.3, -0.25) is 4.90 Å². The fourth-order valence-electron chi connectivity index (χ4n) is 9.07. The fraction of sp³-hybridized carbons (Fsp3) is 0.463. The molecule has 0 radical (unpaired) electrons. The number of piperidine rings is 1. The SMILES string of the molecule is C#Cc1c(/C=C\C(=C)F)cc(C)cc1-c1c2c(c3c(N4CCCC(C)(C(F)F)C4)nc(CCC45CCCN4CCC5)nc3c1F)C=C(C)C2. The van der Waals surface area contributed by atoms with Crippen LogP contribution in [-0.2, 0) is 12.8 Å². The van der Waals surface area contributed by atoms with Gasteiger partial charge in [0.05, 0.1) is 5.39 Å². The van der Waals surface area contributed by atoms with Gasteiger partial charge in [0.1, 0.15) is 23.0 Å². The molecule has 0 amide bonds. The number of rotatable bonds is 8. The van der Waals surface area contributed by atoms with Crippen LogP contribution in [0.25, 0.3) is 34.2 Å². The summed E-state index contributed by atoms with van der Waals surface area (Å²) >= 11 is 0. The van der Waals surface area contributed by atoms with Gasteiger partial charge in [-0.25, -0.2) is 27.5 Å². The lowest BCUT2D eigenvalue weighted by Gasteiger charge is -2.41. The van der Waals surface area contributed by atoms with Crippen LogP contribution < -0.4 is 4.90 Å². The zero-order valence-electron chi connectivity index (χ0n) is 28.7. The molecule has 256 valence electrons. The molecule has 4 aliphatic rings. The molecule has 1 unspecified atom stereocenters. The van der Waals surface area contributed by atoms with Gasteiger partial charge in [0.15, 0.2) is 5.82 Å². The second-order valence-electron chi connectivity index (χ2n) is 15.0. The maximum absolute atomic E-state index is 17.6. The van der Waals surface area contributed by atoms with Gasteiger partial charge < -0.3 is 4.90 Å². The van der Waals surface area contributed by atoms with Crippen LogP contribution in [0, 0.1) is 30.5 Å². The van der Waals surface area contributed by atoms with Crippen molar-refractivity contribution in [3.8, 4) is 23.5 Å². The molecule has 8 heteroatoms. The third kappa shape index (κ3) is 5.88. The number of hydrogen-bond donors (Lipinski definition) is 0. The monoisotopic (exact) mass is 668 g/mol. The number of terminal acetylenes is 1. The summed E-state index contributed by atoms with van der Waals surface area (Å²) in [5, 5.41) is 0.570.